The normalized spacial score (nSPS) is 28.5. The predicted octanol–water partition coefficient (Wildman–Crippen LogP) is 2.48. The van der Waals surface area contributed by atoms with Crippen LogP contribution >= 0.6 is 0 Å². The molecule has 0 amide bonds. The fourth-order valence-electron chi connectivity index (χ4n) is 3.40. The minimum Gasteiger partial charge on any atom is -0.406 e. The molecule has 2 atom stereocenters. The molecule has 0 spiro atoms. The van der Waals surface area contributed by atoms with Crippen LogP contribution in [0.5, 0.6) is 5.75 Å². The molecule has 116 valence electrons. The van der Waals surface area contributed by atoms with Crippen LogP contribution in [0.25, 0.3) is 0 Å². The Hall–Kier alpha value is -1.27. The van der Waals surface area contributed by atoms with Crippen molar-refractivity contribution >= 4 is 0 Å². The third kappa shape index (κ3) is 3.68. The van der Waals surface area contributed by atoms with Crippen molar-refractivity contribution in [2.45, 2.75) is 12.9 Å². The first-order valence-electron chi connectivity index (χ1n) is 7.16. The third-order valence-electron chi connectivity index (χ3n) is 4.40. The topological polar surface area (TPSA) is 24.5 Å². The Balaban J connectivity index is 1.45. The summed E-state index contributed by atoms with van der Waals surface area (Å²) in [7, 11) is 2.14. The summed E-state index contributed by atoms with van der Waals surface area (Å²) in [5.41, 5.74) is 0.805. The number of nitrogens with one attached hydrogen (secondary N) is 1. The number of fused-ring (bicyclic) bond motifs is 1. The van der Waals surface area contributed by atoms with Gasteiger partial charge in [0.1, 0.15) is 5.75 Å². The number of piperidine rings is 1. The van der Waals surface area contributed by atoms with Gasteiger partial charge in [-0.05, 0) is 49.0 Å². The van der Waals surface area contributed by atoms with Gasteiger partial charge in [0, 0.05) is 19.6 Å². The second-order valence-electron chi connectivity index (χ2n) is 6.04. The lowest BCUT2D eigenvalue weighted by Gasteiger charge is -2.13. The average molecular weight is 300 g/mol. The van der Waals surface area contributed by atoms with Gasteiger partial charge >= 0.3 is 6.36 Å². The third-order valence-corrected chi connectivity index (χ3v) is 4.40. The molecule has 1 aromatic carbocycles. The first-order chi connectivity index (χ1) is 9.92. The highest BCUT2D eigenvalue weighted by atomic mass is 19.4. The molecule has 0 bridgehead atoms. The number of nitrogens with zero attached hydrogens (tertiary/aromatic N) is 1. The molecule has 2 fully saturated rings. The summed E-state index contributed by atoms with van der Waals surface area (Å²) in [5.74, 6) is 2.19. The highest BCUT2D eigenvalue weighted by Crippen LogP contribution is 2.50. The van der Waals surface area contributed by atoms with E-state index in [2.05, 4.69) is 22.0 Å². The zero-order valence-electron chi connectivity index (χ0n) is 11.9. The number of likely N-dealkylation sites (tertiary alicyclic amines) is 1. The summed E-state index contributed by atoms with van der Waals surface area (Å²) in [6.07, 6.45) is -4.64. The van der Waals surface area contributed by atoms with Crippen molar-refractivity contribution in [1.82, 2.24) is 10.2 Å². The van der Waals surface area contributed by atoms with Crippen LogP contribution in [0.2, 0.25) is 0 Å². The van der Waals surface area contributed by atoms with Gasteiger partial charge in [-0.1, -0.05) is 12.1 Å². The van der Waals surface area contributed by atoms with E-state index in [1.165, 1.54) is 25.2 Å². The van der Waals surface area contributed by atoms with E-state index in [1.54, 1.807) is 12.1 Å². The zero-order valence-corrected chi connectivity index (χ0v) is 11.9. The Labute approximate surface area is 122 Å². The number of hydrogen-bond acceptors (Lipinski definition) is 3. The lowest BCUT2D eigenvalue weighted by molar-refractivity contribution is -0.274. The fraction of sp³-hybridized carbons (Fsp3) is 0.600. The standard InChI is InChI=1S/C15H19F3N2O/c1-20-8-13-12(14(13)9-20)7-19-6-10-3-2-4-11(5-10)21-15(16,17)18/h2-5,12-14,19H,6-9H2,1H3. The molecule has 1 aliphatic carbocycles. The molecular weight excluding hydrogens is 281 g/mol. The van der Waals surface area contributed by atoms with Crippen molar-refractivity contribution < 1.29 is 17.9 Å². The van der Waals surface area contributed by atoms with Gasteiger partial charge in [-0.2, -0.15) is 0 Å². The molecular formula is C15H19F3N2O. The molecule has 1 saturated heterocycles. The Bertz CT molecular complexity index is 494. The summed E-state index contributed by atoms with van der Waals surface area (Å²) in [4.78, 5) is 2.35. The van der Waals surface area contributed by atoms with Crippen molar-refractivity contribution in [2.24, 2.45) is 17.8 Å². The van der Waals surface area contributed by atoms with Crippen molar-refractivity contribution in [3.63, 3.8) is 0 Å². The van der Waals surface area contributed by atoms with Crippen molar-refractivity contribution in [1.29, 1.82) is 0 Å². The predicted molar refractivity (Wildman–Crippen MR) is 72.8 cm³/mol. The van der Waals surface area contributed by atoms with Gasteiger partial charge in [0.25, 0.3) is 0 Å². The van der Waals surface area contributed by atoms with Crippen molar-refractivity contribution in [3.05, 3.63) is 29.8 Å². The average Bonchev–Trinajstić information content (AvgIpc) is 2.84. The van der Waals surface area contributed by atoms with Crippen LogP contribution in [-0.2, 0) is 6.54 Å². The van der Waals surface area contributed by atoms with E-state index in [9.17, 15) is 13.2 Å². The quantitative estimate of drug-likeness (QED) is 0.904. The number of benzene rings is 1. The zero-order chi connectivity index (χ0) is 15.0. The van der Waals surface area contributed by atoms with Crippen LogP contribution in [0.15, 0.2) is 24.3 Å². The van der Waals surface area contributed by atoms with E-state index in [0.717, 1.165) is 29.9 Å². The maximum atomic E-state index is 12.2. The van der Waals surface area contributed by atoms with Crippen LogP contribution < -0.4 is 10.1 Å². The van der Waals surface area contributed by atoms with E-state index in [1.807, 2.05) is 0 Å². The molecule has 0 aromatic heterocycles. The molecule has 2 unspecified atom stereocenters. The SMILES string of the molecule is CN1CC2C(CNCc3cccc(OC(F)(F)F)c3)C2C1. The summed E-state index contributed by atoms with van der Waals surface area (Å²) in [6, 6.07) is 6.14. The smallest absolute Gasteiger partial charge is 0.406 e. The highest BCUT2D eigenvalue weighted by molar-refractivity contribution is 5.28. The van der Waals surface area contributed by atoms with Crippen molar-refractivity contribution in [3.8, 4) is 5.75 Å². The highest BCUT2D eigenvalue weighted by Gasteiger charge is 2.53. The first-order valence-corrected chi connectivity index (χ1v) is 7.16. The maximum Gasteiger partial charge on any atom is 0.573 e. The second kappa shape index (κ2) is 5.50. The molecule has 6 heteroatoms. The minimum atomic E-state index is -4.64. The van der Waals surface area contributed by atoms with Gasteiger partial charge in [0.2, 0.25) is 0 Å². The first kappa shape index (κ1) is 14.7. The number of ether oxygens (including phenoxy) is 1. The van der Waals surface area contributed by atoms with Gasteiger partial charge in [-0.3, -0.25) is 0 Å². The molecule has 0 radical (unpaired) electrons. The Morgan fingerprint density at radius 3 is 2.67 bits per heavy atom. The largest absolute Gasteiger partial charge is 0.573 e. The number of alkyl halides is 3. The van der Waals surface area contributed by atoms with Gasteiger partial charge in [0.05, 0.1) is 0 Å². The Morgan fingerprint density at radius 1 is 1.29 bits per heavy atom. The van der Waals surface area contributed by atoms with Gasteiger partial charge < -0.3 is 15.0 Å². The van der Waals surface area contributed by atoms with Gasteiger partial charge in [-0.25, -0.2) is 0 Å². The van der Waals surface area contributed by atoms with Crippen LogP contribution in [0.1, 0.15) is 5.56 Å². The number of halogens is 3. The van der Waals surface area contributed by atoms with Crippen molar-refractivity contribution in [2.75, 3.05) is 26.7 Å². The minimum absolute atomic E-state index is 0.160. The molecule has 1 aliphatic heterocycles. The van der Waals surface area contributed by atoms with Crippen LogP contribution in [0.4, 0.5) is 13.2 Å². The molecule has 1 N–H and O–H groups in total. The van der Waals surface area contributed by atoms with E-state index in [0.29, 0.717) is 6.54 Å². The van der Waals surface area contributed by atoms with E-state index >= 15 is 0 Å². The monoisotopic (exact) mass is 300 g/mol. The number of hydrogen-bond donors (Lipinski definition) is 1. The molecule has 3 nitrogen and oxygen atoms in total. The molecule has 3 rings (SSSR count). The maximum absolute atomic E-state index is 12.2. The molecule has 1 heterocycles. The van der Waals surface area contributed by atoms with E-state index in [4.69, 9.17) is 0 Å². The summed E-state index contributed by atoms with van der Waals surface area (Å²) in [5, 5.41) is 3.34. The summed E-state index contributed by atoms with van der Waals surface area (Å²) in [6.45, 7) is 3.85. The molecule has 1 aromatic rings. The summed E-state index contributed by atoms with van der Waals surface area (Å²) >= 11 is 0. The second-order valence-corrected chi connectivity index (χ2v) is 6.04. The molecule has 21 heavy (non-hydrogen) atoms. The Morgan fingerprint density at radius 2 is 2.00 bits per heavy atom. The van der Waals surface area contributed by atoms with Crippen LogP contribution in [-0.4, -0.2) is 37.9 Å². The van der Waals surface area contributed by atoms with Gasteiger partial charge in [-0.15, -0.1) is 13.2 Å². The van der Waals surface area contributed by atoms with E-state index < -0.39 is 6.36 Å². The fourth-order valence-corrected chi connectivity index (χ4v) is 3.40. The number of rotatable bonds is 5. The van der Waals surface area contributed by atoms with Gasteiger partial charge in [0.15, 0.2) is 0 Å². The summed E-state index contributed by atoms with van der Waals surface area (Å²) < 4.78 is 40.4. The molecule has 2 aliphatic rings. The van der Waals surface area contributed by atoms with Crippen LogP contribution in [0, 0.1) is 17.8 Å². The van der Waals surface area contributed by atoms with Crippen LogP contribution in [0.3, 0.4) is 0 Å². The molecule has 1 saturated carbocycles. The Kier molecular flexibility index (Phi) is 3.84. The lowest BCUT2D eigenvalue weighted by Crippen LogP contribution is -2.24. The van der Waals surface area contributed by atoms with E-state index in [-0.39, 0.29) is 5.75 Å². The lowest BCUT2D eigenvalue weighted by atomic mass is 10.2.